The second-order valence-corrected chi connectivity index (χ2v) is 11.5. The molecule has 5 aliphatic rings. The van der Waals surface area contributed by atoms with E-state index in [2.05, 4.69) is 17.1 Å². The predicted octanol–water partition coefficient (Wildman–Crippen LogP) is 6.19. The molecule has 0 radical (unpaired) electrons. The topological polar surface area (TPSA) is 44.7 Å². The van der Waals surface area contributed by atoms with E-state index in [1.54, 1.807) is 11.8 Å². The van der Waals surface area contributed by atoms with Crippen molar-refractivity contribution >= 4 is 28.5 Å². The van der Waals surface area contributed by atoms with E-state index in [1.807, 2.05) is 0 Å². The molecule has 4 saturated carbocycles. The Morgan fingerprint density at radius 2 is 1.73 bits per heavy atom. The molecule has 1 saturated heterocycles. The standard InChI is InChI=1S/C25H32F3N3OS/c1-2-7-31-21(11-22(32)29-20-5-3-19(4-6-20)25(26,27)28)15-33-23(31)30-24-12-16-8-17(13-24)10-18(9-16)14-24/h3-6,16-18,21H,2,7-15H2,1H3,(H,29,32). The maximum atomic E-state index is 12.8. The van der Waals surface area contributed by atoms with Crippen molar-refractivity contribution in [2.75, 3.05) is 17.6 Å². The zero-order chi connectivity index (χ0) is 23.2. The minimum atomic E-state index is -4.38. The average molecular weight is 480 g/mol. The van der Waals surface area contributed by atoms with E-state index in [-0.39, 0.29) is 17.5 Å². The molecule has 33 heavy (non-hydrogen) atoms. The van der Waals surface area contributed by atoms with Crippen LogP contribution in [0.1, 0.15) is 63.9 Å². The predicted molar refractivity (Wildman–Crippen MR) is 126 cm³/mol. The van der Waals surface area contributed by atoms with Crippen LogP contribution in [-0.4, -0.2) is 39.9 Å². The van der Waals surface area contributed by atoms with E-state index in [4.69, 9.17) is 4.99 Å². The molecule has 1 amide bonds. The highest BCUT2D eigenvalue weighted by Crippen LogP contribution is 2.57. The van der Waals surface area contributed by atoms with Crippen molar-refractivity contribution in [2.45, 2.75) is 76.0 Å². The minimum absolute atomic E-state index is 0.0667. The summed E-state index contributed by atoms with van der Waals surface area (Å²) in [4.78, 5) is 20.4. The Kier molecular flexibility index (Phi) is 6.17. The quantitative estimate of drug-likeness (QED) is 0.529. The van der Waals surface area contributed by atoms with Crippen LogP contribution in [0.5, 0.6) is 0 Å². The van der Waals surface area contributed by atoms with Crippen LogP contribution in [0.4, 0.5) is 18.9 Å². The molecule has 1 aliphatic heterocycles. The molecule has 8 heteroatoms. The third-order valence-electron chi connectivity index (χ3n) is 7.81. The Morgan fingerprint density at radius 3 is 2.27 bits per heavy atom. The van der Waals surface area contributed by atoms with Crippen molar-refractivity contribution in [3.63, 3.8) is 0 Å². The zero-order valence-electron chi connectivity index (χ0n) is 19.0. The molecule has 1 aromatic carbocycles. The maximum absolute atomic E-state index is 12.8. The Labute approximate surface area is 197 Å². The minimum Gasteiger partial charge on any atom is -0.347 e. The lowest BCUT2D eigenvalue weighted by atomic mass is 9.53. The molecular formula is C25H32F3N3OS. The fourth-order valence-corrected chi connectivity index (χ4v) is 8.16. The molecule has 1 aromatic rings. The highest BCUT2D eigenvalue weighted by Gasteiger charge is 2.51. The Balaban J connectivity index is 1.25. The van der Waals surface area contributed by atoms with Gasteiger partial charge in [0.15, 0.2) is 5.17 Å². The number of halogens is 3. The highest BCUT2D eigenvalue weighted by atomic mass is 32.2. The molecule has 5 fully saturated rings. The molecule has 1 unspecified atom stereocenters. The number of nitrogens with one attached hydrogen (secondary N) is 1. The molecule has 1 N–H and O–H groups in total. The van der Waals surface area contributed by atoms with Crippen LogP contribution >= 0.6 is 11.8 Å². The smallest absolute Gasteiger partial charge is 0.347 e. The van der Waals surface area contributed by atoms with Crippen LogP contribution in [0.25, 0.3) is 0 Å². The monoisotopic (exact) mass is 479 g/mol. The van der Waals surface area contributed by atoms with E-state index in [1.165, 1.54) is 50.7 Å². The van der Waals surface area contributed by atoms with Gasteiger partial charge in [-0.1, -0.05) is 18.7 Å². The van der Waals surface area contributed by atoms with Gasteiger partial charge in [0.2, 0.25) is 5.91 Å². The lowest BCUT2D eigenvalue weighted by Crippen LogP contribution is -2.50. The van der Waals surface area contributed by atoms with Crippen LogP contribution in [0.15, 0.2) is 29.3 Å². The third kappa shape index (κ3) is 4.91. The fourth-order valence-electron chi connectivity index (χ4n) is 6.86. The van der Waals surface area contributed by atoms with Gasteiger partial charge in [0.25, 0.3) is 0 Å². The normalized spacial score (nSPS) is 34.3. The number of thioether (sulfide) groups is 1. The number of hydrogen-bond acceptors (Lipinski definition) is 3. The summed E-state index contributed by atoms with van der Waals surface area (Å²) < 4.78 is 38.3. The first-order chi connectivity index (χ1) is 15.7. The van der Waals surface area contributed by atoms with Crippen molar-refractivity contribution in [1.29, 1.82) is 0 Å². The summed E-state index contributed by atoms with van der Waals surface area (Å²) in [5, 5.41) is 3.87. The van der Waals surface area contributed by atoms with E-state index in [0.717, 1.165) is 53.8 Å². The second-order valence-electron chi connectivity index (χ2n) is 10.5. The number of carbonyl (C=O) groups excluding carboxylic acids is 1. The SMILES string of the molecule is CCCN1C(=NC23CC4CC(CC(C4)C2)C3)SCC1CC(=O)Nc1ccc(C(F)(F)F)cc1. The van der Waals surface area contributed by atoms with Crippen molar-refractivity contribution in [2.24, 2.45) is 22.7 Å². The highest BCUT2D eigenvalue weighted by molar-refractivity contribution is 8.14. The number of carbonyl (C=O) groups is 1. The Bertz CT molecular complexity index is 879. The van der Waals surface area contributed by atoms with Crippen LogP contribution in [0.3, 0.4) is 0 Å². The van der Waals surface area contributed by atoms with Gasteiger partial charge in [0.05, 0.1) is 11.1 Å². The lowest BCUT2D eigenvalue weighted by Gasteiger charge is -2.55. The van der Waals surface area contributed by atoms with Gasteiger partial charge in [-0.05, 0) is 87.0 Å². The first-order valence-electron chi connectivity index (χ1n) is 12.2. The van der Waals surface area contributed by atoms with Crippen molar-refractivity contribution in [1.82, 2.24) is 4.90 Å². The molecule has 4 bridgehead atoms. The number of alkyl halides is 3. The first-order valence-corrected chi connectivity index (χ1v) is 13.2. The Morgan fingerprint density at radius 1 is 1.12 bits per heavy atom. The van der Waals surface area contributed by atoms with Crippen LogP contribution in [0.2, 0.25) is 0 Å². The lowest BCUT2D eigenvalue weighted by molar-refractivity contribution is -0.137. The first kappa shape index (κ1) is 23.1. The maximum Gasteiger partial charge on any atom is 0.416 e. The van der Waals surface area contributed by atoms with Gasteiger partial charge in [-0.25, -0.2) is 0 Å². The summed E-state index contributed by atoms with van der Waals surface area (Å²) in [6, 6.07) is 4.69. The summed E-state index contributed by atoms with van der Waals surface area (Å²) in [6.07, 6.45) is 4.77. The molecular weight excluding hydrogens is 447 g/mol. The molecule has 180 valence electrons. The van der Waals surface area contributed by atoms with E-state index >= 15 is 0 Å². The van der Waals surface area contributed by atoms with Gasteiger partial charge in [-0.3, -0.25) is 9.79 Å². The van der Waals surface area contributed by atoms with Gasteiger partial charge >= 0.3 is 6.18 Å². The largest absolute Gasteiger partial charge is 0.416 e. The van der Waals surface area contributed by atoms with Crippen LogP contribution in [0, 0.1) is 17.8 Å². The van der Waals surface area contributed by atoms with E-state index in [0.29, 0.717) is 12.1 Å². The number of anilines is 1. The molecule has 4 nitrogen and oxygen atoms in total. The summed E-state index contributed by atoms with van der Waals surface area (Å²) in [5.74, 6) is 3.19. The number of aliphatic imine (C=N–C) groups is 1. The summed E-state index contributed by atoms with van der Waals surface area (Å²) >= 11 is 1.77. The number of benzene rings is 1. The van der Waals surface area contributed by atoms with E-state index < -0.39 is 11.7 Å². The summed E-state index contributed by atoms with van der Waals surface area (Å²) in [6.45, 7) is 3.01. The van der Waals surface area contributed by atoms with Gasteiger partial charge in [0, 0.05) is 30.4 Å². The molecule has 0 aromatic heterocycles. The summed E-state index contributed by atoms with van der Waals surface area (Å²) in [7, 11) is 0. The zero-order valence-corrected chi connectivity index (χ0v) is 19.9. The molecule has 1 heterocycles. The number of nitrogens with zero attached hydrogens (tertiary/aromatic N) is 2. The van der Waals surface area contributed by atoms with Gasteiger partial charge in [-0.15, -0.1) is 0 Å². The van der Waals surface area contributed by atoms with Crippen LogP contribution < -0.4 is 5.32 Å². The van der Waals surface area contributed by atoms with Crippen LogP contribution in [-0.2, 0) is 11.0 Å². The van der Waals surface area contributed by atoms with Crippen molar-refractivity contribution in [3.8, 4) is 0 Å². The van der Waals surface area contributed by atoms with Gasteiger partial charge < -0.3 is 10.2 Å². The van der Waals surface area contributed by atoms with Crippen molar-refractivity contribution in [3.05, 3.63) is 29.8 Å². The molecule has 6 rings (SSSR count). The fraction of sp³-hybridized carbons (Fsp3) is 0.680. The van der Waals surface area contributed by atoms with Crippen molar-refractivity contribution < 1.29 is 18.0 Å². The third-order valence-corrected chi connectivity index (χ3v) is 8.95. The Hall–Kier alpha value is -1.70. The van der Waals surface area contributed by atoms with Gasteiger partial charge in [0.1, 0.15) is 0 Å². The molecule has 4 aliphatic carbocycles. The summed E-state index contributed by atoms with van der Waals surface area (Å²) in [5.41, 5.74) is -0.212. The number of amides is 1. The number of hydrogen-bond donors (Lipinski definition) is 1. The second kappa shape index (κ2) is 8.82. The van der Waals surface area contributed by atoms with E-state index in [9.17, 15) is 18.0 Å². The molecule has 0 spiro atoms. The number of rotatable bonds is 6. The molecule has 1 atom stereocenters. The van der Waals surface area contributed by atoms with Gasteiger partial charge in [-0.2, -0.15) is 13.2 Å². The number of amidine groups is 1. The average Bonchev–Trinajstić information content (AvgIpc) is 3.07.